The molecule has 1 amide bonds. The maximum atomic E-state index is 11.9. The lowest BCUT2D eigenvalue weighted by atomic mass is 10.1. The van der Waals surface area contributed by atoms with Crippen LogP contribution in [0.2, 0.25) is 0 Å². The van der Waals surface area contributed by atoms with Crippen LogP contribution in [0.1, 0.15) is 46.2 Å². The summed E-state index contributed by atoms with van der Waals surface area (Å²) in [4.78, 5) is 23.3. The van der Waals surface area contributed by atoms with Gasteiger partial charge in [-0.25, -0.2) is 4.68 Å². The minimum Gasteiger partial charge on any atom is -0.345 e. The zero-order chi connectivity index (χ0) is 15.8. The summed E-state index contributed by atoms with van der Waals surface area (Å²) in [5.74, 6) is -0.248. The van der Waals surface area contributed by atoms with E-state index < -0.39 is 6.04 Å². The number of carbonyl (C=O) groups is 2. The van der Waals surface area contributed by atoms with E-state index in [1.807, 2.05) is 20.8 Å². The lowest BCUT2D eigenvalue weighted by Gasteiger charge is -2.14. The zero-order valence-electron chi connectivity index (χ0n) is 13.2. The Labute approximate surface area is 125 Å². The Bertz CT molecular complexity index is 470. The SMILES string of the molecule is CCC[C@H](NC(=O)Cn1cc(CNC(C)C)nn1)C(C)=O. The van der Waals surface area contributed by atoms with Gasteiger partial charge < -0.3 is 10.6 Å². The van der Waals surface area contributed by atoms with E-state index >= 15 is 0 Å². The van der Waals surface area contributed by atoms with E-state index in [0.29, 0.717) is 19.0 Å². The van der Waals surface area contributed by atoms with Crippen molar-refractivity contribution in [2.45, 2.75) is 65.7 Å². The molecular weight excluding hydrogens is 270 g/mol. The zero-order valence-corrected chi connectivity index (χ0v) is 13.2. The van der Waals surface area contributed by atoms with Crippen LogP contribution in [0.3, 0.4) is 0 Å². The first-order chi connectivity index (χ1) is 9.92. The van der Waals surface area contributed by atoms with Crippen molar-refractivity contribution in [2.75, 3.05) is 0 Å². The summed E-state index contributed by atoms with van der Waals surface area (Å²) >= 11 is 0. The van der Waals surface area contributed by atoms with Crippen LogP contribution in [0, 0.1) is 0 Å². The molecule has 0 saturated heterocycles. The van der Waals surface area contributed by atoms with Crippen LogP contribution in [0.15, 0.2) is 6.20 Å². The minimum absolute atomic E-state index is 0.0226. The molecule has 1 atom stereocenters. The van der Waals surface area contributed by atoms with Gasteiger partial charge in [-0.1, -0.05) is 32.4 Å². The van der Waals surface area contributed by atoms with Crippen LogP contribution in [-0.2, 0) is 22.7 Å². The van der Waals surface area contributed by atoms with E-state index in [2.05, 4.69) is 20.9 Å². The molecule has 118 valence electrons. The second-order valence-corrected chi connectivity index (χ2v) is 5.46. The first-order valence-electron chi connectivity index (χ1n) is 7.34. The van der Waals surface area contributed by atoms with Gasteiger partial charge in [-0.15, -0.1) is 5.10 Å². The van der Waals surface area contributed by atoms with Crippen molar-refractivity contribution in [1.82, 2.24) is 25.6 Å². The number of rotatable bonds is 9. The molecule has 2 N–H and O–H groups in total. The van der Waals surface area contributed by atoms with Crippen molar-refractivity contribution in [3.63, 3.8) is 0 Å². The molecule has 0 aliphatic rings. The first kappa shape index (κ1) is 17.3. The highest BCUT2D eigenvalue weighted by Gasteiger charge is 2.16. The maximum absolute atomic E-state index is 11.9. The third-order valence-electron chi connectivity index (χ3n) is 2.99. The molecule has 0 aliphatic carbocycles. The normalized spacial score (nSPS) is 12.4. The van der Waals surface area contributed by atoms with E-state index in [1.165, 1.54) is 11.6 Å². The Morgan fingerprint density at radius 2 is 2.10 bits per heavy atom. The first-order valence-corrected chi connectivity index (χ1v) is 7.34. The Morgan fingerprint density at radius 3 is 2.67 bits per heavy atom. The van der Waals surface area contributed by atoms with Crippen molar-refractivity contribution >= 4 is 11.7 Å². The highest BCUT2D eigenvalue weighted by molar-refractivity contribution is 5.87. The molecule has 7 heteroatoms. The van der Waals surface area contributed by atoms with E-state index in [-0.39, 0.29) is 18.2 Å². The second-order valence-electron chi connectivity index (χ2n) is 5.46. The third kappa shape index (κ3) is 6.48. The van der Waals surface area contributed by atoms with Crippen LogP contribution < -0.4 is 10.6 Å². The summed E-state index contributed by atoms with van der Waals surface area (Å²) in [5.41, 5.74) is 0.785. The number of carbonyl (C=O) groups excluding carboxylic acids is 2. The fourth-order valence-corrected chi connectivity index (χ4v) is 1.86. The number of nitrogens with one attached hydrogen (secondary N) is 2. The summed E-state index contributed by atoms with van der Waals surface area (Å²) in [7, 11) is 0. The standard InChI is InChI=1S/C14H25N5O2/c1-5-6-13(11(4)20)16-14(21)9-19-8-12(17-18-19)7-15-10(2)3/h8,10,13,15H,5-7,9H2,1-4H3,(H,16,21)/t13-/m0/s1. The number of ketones is 1. The molecule has 0 aliphatic heterocycles. The van der Waals surface area contributed by atoms with Crippen molar-refractivity contribution in [3.8, 4) is 0 Å². The Kier molecular flexibility index (Phi) is 7.01. The molecule has 0 spiro atoms. The van der Waals surface area contributed by atoms with Gasteiger partial charge in [-0.3, -0.25) is 9.59 Å². The van der Waals surface area contributed by atoms with Gasteiger partial charge in [0.25, 0.3) is 0 Å². The molecule has 1 rings (SSSR count). The predicted octanol–water partition coefficient (Wildman–Crippen LogP) is 0.650. The Morgan fingerprint density at radius 1 is 1.38 bits per heavy atom. The van der Waals surface area contributed by atoms with Crippen LogP contribution in [0.25, 0.3) is 0 Å². The molecule has 0 saturated carbocycles. The van der Waals surface area contributed by atoms with Crippen molar-refractivity contribution in [1.29, 1.82) is 0 Å². The van der Waals surface area contributed by atoms with Crippen LogP contribution in [0.5, 0.6) is 0 Å². The number of nitrogens with zero attached hydrogens (tertiary/aromatic N) is 3. The van der Waals surface area contributed by atoms with E-state index in [0.717, 1.165) is 12.1 Å². The molecular formula is C14H25N5O2. The molecule has 1 aromatic rings. The lowest BCUT2D eigenvalue weighted by Crippen LogP contribution is -2.41. The summed E-state index contributed by atoms with van der Waals surface area (Å²) < 4.78 is 1.48. The van der Waals surface area contributed by atoms with E-state index in [1.54, 1.807) is 6.20 Å². The molecule has 0 bridgehead atoms. The number of hydrogen-bond acceptors (Lipinski definition) is 5. The lowest BCUT2D eigenvalue weighted by molar-refractivity contribution is -0.127. The molecule has 0 unspecified atom stereocenters. The summed E-state index contributed by atoms with van der Waals surface area (Å²) in [6, 6.07) is -0.0445. The number of aromatic nitrogens is 3. The summed E-state index contributed by atoms with van der Waals surface area (Å²) in [5, 5.41) is 13.9. The molecule has 21 heavy (non-hydrogen) atoms. The molecule has 7 nitrogen and oxygen atoms in total. The van der Waals surface area contributed by atoms with Crippen LogP contribution in [0.4, 0.5) is 0 Å². The Hall–Kier alpha value is -1.76. The van der Waals surface area contributed by atoms with Gasteiger partial charge in [0.05, 0.1) is 17.9 Å². The average molecular weight is 295 g/mol. The van der Waals surface area contributed by atoms with Gasteiger partial charge >= 0.3 is 0 Å². The van der Waals surface area contributed by atoms with Crippen molar-refractivity contribution < 1.29 is 9.59 Å². The highest BCUT2D eigenvalue weighted by atomic mass is 16.2. The predicted molar refractivity (Wildman–Crippen MR) is 79.5 cm³/mol. The van der Waals surface area contributed by atoms with E-state index in [4.69, 9.17) is 0 Å². The van der Waals surface area contributed by atoms with Gasteiger partial charge in [-0.05, 0) is 13.3 Å². The monoisotopic (exact) mass is 295 g/mol. The third-order valence-corrected chi connectivity index (χ3v) is 2.99. The topological polar surface area (TPSA) is 88.9 Å². The maximum Gasteiger partial charge on any atom is 0.242 e. The van der Waals surface area contributed by atoms with Gasteiger partial charge in [0.2, 0.25) is 5.91 Å². The fraction of sp³-hybridized carbons (Fsp3) is 0.714. The number of hydrogen-bond donors (Lipinski definition) is 2. The van der Waals surface area contributed by atoms with Crippen LogP contribution >= 0.6 is 0 Å². The quantitative estimate of drug-likeness (QED) is 0.698. The molecule has 1 heterocycles. The molecule has 0 radical (unpaired) electrons. The Balaban J connectivity index is 2.49. The molecule has 0 aromatic carbocycles. The highest BCUT2D eigenvalue weighted by Crippen LogP contribution is 1.99. The van der Waals surface area contributed by atoms with Gasteiger partial charge in [0.15, 0.2) is 5.78 Å². The van der Waals surface area contributed by atoms with Crippen molar-refractivity contribution in [3.05, 3.63) is 11.9 Å². The summed E-state index contributed by atoms with van der Waals surface area (Å²) in [6.45, 7) is 8.26. The smallest absolute Gasteiger partial charge is 0.242 e. The van der Waals surface area contributed by atoms with Gasteiger partial charge in [0, 0.05) is 12.6 Å². The largest absolute Gasteiger partial charge is 0.345 e. The minimum atomic E-state index is -0.409. The van der Waals surface area contributed by atoms with E-state index in [9.17, 15) is 9.59 Å². The van der Waals surface area contributed by atoms with Crippen molar-refractivity contribution in [2.24, 2.45) is 0 Å². The van der Waals surface area contributed by atoms with Crippen LogP contribution in [-0.4, -0.2) is 38.8 Å². The molecule has 0 fully saturated rings. The fourth-order valence-electron chi connectivity index (χ4n) is 1.86. The average Bonchev–Trinajstić information content (AvgIpc) is 2.83. The summed E-state index contributed by atoms with van der Waals surface area (Å²) in [6.07, 6.45) is 3.23. The second kappa shape index (κ2) is 8.51. The number of Topliss-reactive ketones (excluding diaryl/α,β-unsaturated/α-hetero) is 1. The van der Waals surface area contributed by atoms with Gasteiger partial charge in [-0.2, -0.15) is 0 Å². The van der Waals surface area contributed by atoms with Gasteiger partial charge in [0.1, 0.15) is 6.54 Å². The molecule has 1 aromatic heterocycles. The number of amides is 1.